The molecular weight excluding hydrogens is 270 g/mol. The number of anilines is 1. The third-order valence-corrected chi connectivity index (χ3v) is 2.94. The Hall–Kier alpha value is -2.63. The first-order chi connectivity index (χ1) is 10.1. The summed E-state index contributed by atoms with van der Waals surface area (Å²) in [7, 11) is 0. The average Bonchev–Trinajstić information content (AvgIpc) is 3.01. The molecule has 6 heteroatoms. The van der Waals surface area contributed by atoms with Crippen LogP contribution in [0.15, 0.2) is 42.7 Å². The first kappa shape index (κ1) is 14.8. The minimum atomic E-state index is -0.439. The quantitative estimate of drug-likeness (QED) is 0.856. The average molecular weight is 287 g/mol. The molecule has 0 radical (unpaired) electrons. The van der Waals surface area contributed by atoms with Crippen molar-refractivity contribution in [2.45, 2.75) is 19.9 Å². The van der Waals surface area contributed by atoms with Gasteiger partial charge >= 0.3 is 5.97 Å². The Morgan fingerprint density at radius 2 is 2.19 bits per heavy atom. The fourth-order valence-electron chi connectivity index (χ4n) is 1.81. The van der Waals surface area contributed by atoms with Crippen LogP contribution < -0.4 is 5.32 Å². The van der Waals surface area contributed by atoms with Crippen molar-refractivity contribution in [2.75, 3.05) is 11.9 Å². The Morgan fingerprint density at radius 1 is 1.38 bits per heavy atom. The summed E-state index contributed by atoms with van der Waals surface area (Å²) in [6.45, 7) is 3.80. The first-order valence-corrected chi connectivity index (χ1v) is 6.69. The van der Waals surface area contributed by atoms with Crippen LogP contribution in [0.4, 0.5) is 5.69 Å². The van der Waals surface area contributed by atoms with Gasteiger partial charge in [0.05, 0.1) is 12.2 Å². The maximum atomic E-state index is 12.1. The highest BCUT2D eigenvalue weighted by Crippen LogP contribution is 2.14. The van der Waals surface area contributed by atoms with E-state index < -0.39 is 12.0 Å². The Labute approximate surface area is 122 Å². The van der Waals surface area contributed by atoms with Crippen LogP contribution in [0, 0.1) is 0 Å². The highest BCUT2D eigenvalue weighted by Gasteiger charge is 2.15. The second-order valence-corrected chi connectivity index (χ2v) is 4.45. The molecule has 0 aliphatic heterocycles. The number of nitrogens with zero attached hydrogens (tertiary/aromatic N) is 2. The van der Waals surface area contributed by atoms with Gasteiger partial charge in [-0.25, -0.2) is 4.79 Å². The van der Waals surface area contributed by atoms with Crippen molar-refractivity contribution in [3.8, 4) is 0 Å². The molecule has 6 nitrogen and oxygen atoms in total. The highest BCUT2D eigenvalue weighted by atomic mass is 16.5. The van der Waals surface area contributed by atoms with Crippen molar-refractivity contribution in [1.82, 2.24) is 9.78 Å². The predicted molar refractivity (Wildman–Crippen MR) is 78.0 cm³/mol. The van der Waals surface area contributed by atoms with Gasteiger partial charge < -0.3 is 10.1 Å². The zero-order valence-electron chi connectivity index (χ0n) is 11.9. The number of aromatic nitrogens is 2. The van der Waals surface area contributed by atoms with Crippen LogP contribution in [0.3, 0.4) is 0 Å². The summed E-state index contributed by atoms with van der Waals surface area (Å²) in [6.07, 6.45) is 3.34. The summed E-state index contributed by atoms with van der Waals surface area (Å²) < 4.78 is 6.49. The minimum Gasteiger partial charge on any atom is -0.462 e. The number of rotatable bonds is 5. The predicted octanol–water partition coefficient (Wildman–Crippen LogP) is 2.26. The summed E-state index contributed by atoms with van der Waals surface area (Å²) >= 11 is 0. The summed E-state index contributed by atoms with van der Waals surface area (Å²) in [5.74, 6) is -0.617. The van der Waals surface area contributed by atoms with Crippen LogP contribution in [-0.2, 0) is 9.53 Å². The number of nitrogens with one attached hydrogen (secondary N) is 1. The van der Waals surface area contributed by atoms with Crippen LogP contribution >= 0.6 is 0 Å². The van der Waals surface area contributed by atoms with Gasteiger partial charge in [0, 0.05) is 18.1 Å². The van der Waals surface area contributed by atoms with E-state index in [0.717, 1.165) is 0 Å². The number of amides is 1. The molecule has 1 atom stereocenters. The zero-order valence-corrected chi connectivity index (χ0v) is 11.9. The van der Waals surface area contributed by atoms with Crippen LogP contribution in [0.25, 0.3) is 0 Å². The standard InChI is InChI=1S/C15H17N3O3/c1-3-21-15(20)12-6-4-7-13(10-12)17-14(19)11(2)18-9-5-8-16-18/h4-11H,3H2,1-2H3,(H,17,19). The number of carbonyl (C=O) groups is 2. The van der Waals surface area contributed by atoms with Crippen molar-refractivity contribution in [3.63, 3.8) is 0 Å². The van der Waals surface area contributed by atoms with Gasteiger partial charge in [-0.05, 0) is 38.1 Å². The first-order valence-electron chi connectivity index (χ1n) is 6.69. The van der Waals surface area contributed by atoms with Crippen molar-refractivity contribution < 1.29 is 14.3 Å². The molecule has 1 N–H and O–H groups in total. The van der Waals surface area contributed by atoms with Gasteiger partial charge in [-0.2, -0.15) is 5.10 Å². The number of carbonyl (C=O) groups excluding carboxylic acids is 2. The van der Waals surface area contributed by atoms with Gasteiger partial charge in [0.1, 0.15) is 6.04 Å². The van der Waals surface area contributed by atoms with Gasteiger partial charge in [0.2, 0.25) is 5.91 Å². The van der Waals surface area contributed by atoms with E-state index in [1.165, 1.54) is 0 Å². The second-order valence-electron chi connectivity index (χ2n) is 4.45. The Kier molecular flexibility index (Phi) is 4.71. The highest BCUT2D eigenvalue weighted by molar-refractivity contribution is 5.96. The van der Waals surface area contributed by atoms with Crippen molar-refractivity contribution in [1.29, 1.82) is 0 Å². The van der Waals surface area contributed by atoms with Crippen LogP contribution in [0.1, 0.15) is 30.2 Å². The third-order valence-electron chi connectivity index (χ3n) is 2.94. The molecular formula is C15H17N3O3. The SMILES string of the molecule is CCOC(=O)c1cccc(NC(=O)C(C)n2cccn2)c1. The topological polar surface area (TPSA) is 73.2 Å². The lowest BCUT2D eigenvalue weighted by Gasteiger charge is -2.13. The van der Waals surface area contributed by atoms with Crippen molar-refractivity contribution in [3.05, 3.63) is 48.3 Å². The molecule has 0 fully saturated rings. The maximum absolute atomic E-state index is 12.1. The van der Waals surface area contributed by atoms with Crippen molar-refractivity contribution >= 4 is 17.6 Å². The molecule has 1 heterocycles. The number of ether oxygens (including phenoxy) is 1. The lowest BCUT2D eigenvalue weighted by atomic mass is 10.2. The van der Waals surface area contributed by atoms with E-state index >= 15 is 0 Å². The van der Waals surface area contributed by atoms with Gasteiger partial charge in [-0.3, -0.25) is 9.48 Å². The molecule has 1 aromatic heterocycles. The van der Waals surface area contributed by atoms with E-state index in [9.17, 15) is 9.59 Å². The molecule has 0 aliphatic rings. The lowest BCUT2D eigenvalue weighted by Crippen LogP contribution is -2.24. The smallest absolute Gasteiger partial charge is 0.338 e. The van der Waals surface area contributed by atoms with Crippen LogP contribution in [-0.4, -0.2) is 28.3 Å². The van der Waals surface area contributed by atoms with Crippen molar-refractivity contribution in [2.24, 2.45) is 0 Å². The molecule has 110 valence electrons. The lowest BCUT2D eigenvalue weighted by molar-refractivity contribution is -0.119. The molecule has 1 amide bonds. The van der Waals surface area contributed by atoms with E-state index in [-0.39, 0.29) is 5.91 Å². The normalized spacial score (nSPS) is 11.7. The molecule has 0 saturated carbocycles. The fourth-order valence-corrected chi connectivity index (χ4v) is 1.81. The Balaban J connectivity index is 2.07. The van der Waals surface area contributed by atoms with Crippen LogP contribution in [0.5, 0.6) is 0 Å². The summed E-state index contributed by atoms with van der Waals surface area (Å²) in [4.78, 5) is 23.8. The van der Waals surface area contributed by atoms with E-state index in [4.69, 9.17) is 4.74 Å². The summed E-state index contributed by atoms with van der Waals surface area (Å²) in [5, 5.41) is 6.79. The number of benzene rings is 1. The zero-order chi connectivity index (χ0) is 15.2. The minimum absolute atomic E-state index is 0.209. The van der Waals surface area contributed by atoms with Gasteiger partial charge in [-0.1, -0.05) is 6.07 Å². The van der Waals surface area contributed by atoms with Gasteiger partial charge in [-0.15, -0.1) is 0 Å². The molecule has 2 rings (SSSR count). The molecule has 2 aromatic rings. The van der Waals surface area contributed by atoms with E-state index in [1.807, 2.05) is 0 Å². The van der Waals surface area contributed by atoms with Gasteiger partial charge in [0.25, 0.3) is 0 Å². The monoisotopic (exact) mass is 287 g/mol. The number of esters is 1. The largest absolute Gasteiger partial charge is 0.462 e. The van der Waals surface area contributed by atoms with E-state index in [0.29, 0.717) is 17.9 Å². The second kappa shape index (κ2) is 6.69. The maximum Gasteiger partial charge on any atom is 0.338 e. The van der Waals surface area contributed by atoms with Crippen LogP contribution in [0.2, 0.25) is 0 Å². The molecule has 0 saturated heterocycles. The molecule has 1 unspecified atom stereocenters. The summed E-state index contributed by atoms with van der Waals surface area (Å²) in [5.41, 5.74) is 0.950. The molecule has 1 aromatic carbocycles. The van der Waals surface area contributed by atoms with Gasteiger partial charge in [0.15, 0.2) is 0 Å². The Bertz CT molecular complexity index is 623. The number of hydrogen-bond acceptors (Lipinski definition) is 4. The van der Waals surface area contributed by atoms with E-state index in [1.54, 1.807) is 61.3 Å². The molecule has 0 aliphatic carbocycles. The molecule has 0 bridgehead atoms. The molecule has 0 spiro atoms. The summed E-state index contributed by atoms with van der Waals surface area (Å²) in [6, 6.07) is 7.96. The Morgan fingerprint density at radius 3 is 2.86 bits per heavy atom. The fraction of sp³-hybridized carbons (Fsp3) is 0.267. The molecule has 21 heavy (non-hydrogen) atoms. The van der Waals surface area contributed by atoms with E-state index in [2.05, 4.69) is 10.4 Å². The number of hydrogen-bond donors (Lipinski definition) is 1. The third kappa shape index (κ3) is 3.68.